The molecule has 2 aromatic rings. The van der Waals surface area contributed by atoms with Crippen LogP contribution in [0.1, 0.15) is 11.1 Å². The van der Waals surface area contributed by atoms with Gasteiger partial charge in [-0.25, -0.2) is 4.39 Å². The average Bonchev–Trinajstić information content (AvgIpc) is 2.39. The minimum absolute atomic E-state index is 0.198. The van der Waals surface area contributed by atoms with E-state index in [0.717, 1.165) is 17.0 Å². The number of aryl methyl sites for hydroxylation is 1. The maximum Gasteiger partial charge on any atom is 0.142 e. The first-order chi connectivity index (χ1) is 8.70. The smallest absolute Gasteiger partial charge is 0.142 e. The van der Waals surface area contributed by atoms with Crippen molar-refractivity contribution in [1.82, 2.24) is 0 Å². The van der Waals surface area contributed by atoms with Gasteiger partial charge in [-0.05, 0) is 30.7 Å². The van der Waals surface area contributed by atoms with Gasteiger partial charge in [-0.2, -0.15) is 0 Å². The molecule has 0 fully saturated rings. The van der Waals surface area contributed by atoms with Crippen molar-refractivity contribution in [2.75, 3.05) is 12.4 Å². The molecule has 0 bridgehead atoms. The predicted molar refractivity (Wildman–Crippen MR) is 71.5 cm³/mol. The Morgan fingerprint density at radius 3 is 2.67 bits per heavy atom. The number of methoxy groups -OCH3 is 1. The normalized spacial score (nSPS) is 10.2. The molecule has 0 saturated carbocycles. The highest BCUT2D eigenvalue weighted by atomic mass is 19.1. The van der Waals surface area contributed by atoms with E-state index in [9.17, 15) is 4.39 Å². The van der Waals surface area contributed by atoms with Gasteiger partial charge in [-0.3, -0.25) is 0 Å². The molecule has 0 heterocycles. The third-order valence-electron chi connectivity index (χ3n) is 2.78. The molecule has 2 nitrogen and oxygen atoms in total. The number of hydrogen-bond donors (Lipinski definition) is 1. The molecule has 0 aliphatic rings. The Labute approximate surface area is 106 Å². The Morgan fingerprint density at radius 2 is 1.94 bits per heavy atom. The molecular formula is C15H16FNO. The number of ether oxygens (including phenoxy) is 1. The maximum atomic E-state index is 13.5. The number of rotatable bonds is 4. The van der Waals surface area contributed by atoms with Crippen LogP contribution in [0.15, 0.2) is 42.5 Å². The zero-order valence-electron chi connectivity index (χ0n) is 10.5. The summed E-state index contributed by atoms with van der Waals surface area (Å²) in [7, 11) is 1.63. The highest BCUT2D eigenvalue weighted by molar-refractivity contribution is 5.57. The number of benzene rings is 2. The molecule has 0 atom stereocenters. The second-order valence-electron chi connectivity index (χ2n) is 4.15. The van der Waals surface area contributed by atoms with Crippen LogP contribution in [0.4, 0.5) is 10.1 Å². The van der Waals surface area contributed by atoms with Crippen LogP contribution in [-0.2, 0) is 6.54 Å². The lowest BCUT2D eigenvalue weighted by Gasteiger charge is -2.12. The highest BCUT2D eigenvalue weighted by Crippen LogP contribution is 2.25. The van der Waals surface area contributed by atoms with Crippen molar-refractivity contribution in [1.29, 1.82) is 0 Å². The Balaban J connectivity index is 2.13. The first kappa shape index (κ1) is 12.4. The summed E-state index contributed by atoms with van der Waals surface area (Å²) < 4.78 is 18.8. The summed E-state index contributed by atoms with van der Waals surface area (Å²) in [5.74, 6) is 0.572. The fourth-order valence-corrected chi connectivity index (χ4v) is 1.78. The molecule has 0 spiro atoms. The van der Waals surface area contributed by atoms with Gasteiger partial charge in [0.2, 0.25) is 0 Å². The van der Waals surface area contributed by atoms with Gasteiger partial charge in [0.15, 0.2) is 0 Å². The van der Waals surface area contributed by atoms with Crippen molar-refractivity contribution < 1.29 is 9.13 Å². The summed E-state index contributed by atoms with van der Waals surface area (Å²) in [6, 6.07) is 12.6. The summed E-state index contributed by atoms with van der Waals surface area (Å²) in [6.45, 7) is 2.44. The Morgan fingerprint density at radius 1 is 1.17 bits per heavy atom. The molecule has 18 heavy (non-hydrogen) atoms. The molecule has 0 unspecified atom stereocenters. The summed E-state index contributed by atoms with van der Waals surface area (Å²) in [6.07, 6.45) is 0. The van der Waals surface area contributed by atoms with E-state index < -0.39 is 0 Å². The van der Waals surface area contributed by atoms with Crippen molar-refractivity contribution in [2.24, 2.45) is 0 Å². The van der Waals surface area contributed by atoms with E-state index in [1.54, 1.807) is 19.2 Å². The van der Waals surface area contributed by atoms with E-state index in [2.05, 4.69) is 5.32 Å². The summed E-state index contributed by atoms with van der Waals surface area (Å²) in [4.78, 5) is 0. The number of anilines is 1. The van der Waals surface area contributed by atoms with E-state index in [4.69, 9.17) is 4.74 Å². The quantitative estimate of drug-likeness (QED) is 0.885. The fraction of sp³-hybridized carbons (Fsp3) is 0.200. The molecule has 2 rings (SSSR count). The van der Waals surface area contributed by atoms with Crippen molar-refractivity contribution in [3.8, 4) is 5.75 Å². The van der Waals surface area contributed by atoms with Crippen LogP contribution >= 0.6 is 0 Å². The van der Waals surface area contributed by atoms with Crippen LogP contribution in [0.3, 0.4) is 0 Å². The zero-order chi connectivity index (χ0) is 13.0. The second-order valence-corrected chi connectivity index (χ2v) is 4.15. The van der Waals surface area contributed by atoms with Gasteiger partial charge in [0.1, 0.15) is 11.6 Å². The lowest BCUT2D eigenvalue weighted by molar-refractivity contribution is 0.416. The van der Waals surface area contributed by atoms with Crippen molar-refractivity contribution >= 4 is 5.69 Å². The van der Waals surface area contributed by atoms with Gasteiger partial charge in [0, 0.05) is 12.1 Å². The van der Waals surface area contributed by atoms with Crippen LogP contribution in [0.2, 0.25) is 0 Å². The molecule has 94 valence electrons. The average molecular weight is 245 g/mol. The molecular weight excluding hydrogens is 229 g/mol. The van der Waals surface area contributed by atoms with Crippen LogP contribution in [0, 0.1) is 12.7 Å². The minimum Gasteiger partial charge on any atom is -0.495 e. The van der Waals surface area contributed by atoms with Gasteiger partial charge in [0.05, 0.1) is 12.8 Å². The first-order valence-corrected chi connectivity index (χ1v) is 5.82. The van der Waals surface area contributed by atoms with Gasteiger partial charge in [-0.15, -0.1) is 0 Å². The topological polar surface area (TPSA) is 21.3 Å². The molecule has 0 aliphatic heterocycles. The Kier molecular flexibility index (Phi) is 3.82. The SMILES string of the molecule is COc1cc(C)ccc1NCc1ccccc1F. The largest absolute Gasteiger partial charge is 0.495 e. The van der Waals surface area contributed by atoms with E-state index in [1.807, 2.05) is 31.2 Å². The van der Waals surface area contributed by atoms with Crippen molar-refractivity contribution in [3.63, 3.8) is 0 Å². The lowest BCUT2D eigenvalue weighted by Crippen LogP contribution is -2.03. The van der Waals surface area contributed by atoms with E-state index in [0.29, 0.717) is 12.1 Å². The third-order valence-corrected chi connectivity index (χ3v) is 2.78. The maximum absolute atomic E-state index is 13.5. The predicted octanol–water partition coefficient (Wildman–Crippen LogP) is 3.75. The van der Waals surface area contributed by atoms with Crippen LogP contribution in [-0.4, -0.2) is 7.11 Å². The van der Waals surface area contributed by atoms with Crippen LogP contribution in [0.25, 0.3) is 0 Å². The van der Waals surface area contributed by atoms with E-state index >= 15 is 0 Å². The standard InChI is InChI=1S/C15H16FNO/c1-11-7-8-14(15(9-11)18-2)17-10-12-5-3-4-6-13(12)16/h3-9,17H,10H2,1-2H3. The third kappa shape index (κ3) is 2.80. The Hall–Kier alpha value is -2.03. The van der Waals surface area contributed by atoms with Crippen LogP contribution < -0.4 is 10.1 Å². The van der Waals surface area contributed by atoms with Gasteiger partial charge < -0.3 is 10.1 Å². The molecule has 0 aliphatic carbocycles. The summed E-state index contributed by atoms with van der Waals surface area (Å²) in [5.41, 5.74) is 2.63. The number of hydrogen-bond acceptors (Lipinski definition) is 2. The summed E-state index contributed by atoms with van der Waals surface area (Å²) >= 11 is 0. The van der Waals surface area contributed by atoms with Crippen LogP contribution in [0.5, 0.6) is 5.75 Å². The first-order valence-electron chi connectivity index (χ1n) is 5.82. The molecule has 0 saturated heterocycles. The van der Waals surface area contributed by atoms with E-state index in [-0.39, 0.29) is 5.82 Å². The molecule has 2 aromatic carbocycles. The second kappa shape index (κ2) is 5.54. The fourth-order valence-electron chi connectivity index (χ4n) is 1.78. The lowest BCUT2D eigenvalue weighted by atomic mass is 10.2. The molecule has 0 aromatic heterocycles. The molecule has 1 N–H and O–H groups in total. The van der Waals surface area contributed by atoms with Crippen molar-refractivity contribution in [3.05, 3.63) is 59.4 Å². The van der Waals surface area contributed by atoms with Gasteiger partial charge >= 0.3 is 0 Å². The van der Waals surface area contributed by atoms with Gasteiger partial charge in [0.25, 0.3) is 0 Å². The van der Waals surface area contributed by atoms with E-state index in [1.165, 1.54) is 6.07 Å². The molecule has 3 heteroatoms. The molecule has 0 amide bonds. The Bertz CT molecular complexity index is 540. The minimum atomic E-state index is -0.198. The van der Waals surface area contributed by atoms with Crippen molar-refractivity contribution in [2.45, 2.75) is 13.5 Å². The number of nitrogens with one attached hydrogen (secondary N) is 1. The zero-order valence-corrected chi connectivity index (χ0v) is 10.5. The number of halogens is 1. The molecule has 0 radical (unpaired) electrons. The highest BCUT2D eigenvalue weighted by Gasteiger charge is 2.04. The van der Waals surface area contributed by atoms with Gasteiger partial charge in [-0.1, -0.05) is 24.3 Å². The summed E-state index contributed by atoms with van der Waals surface area (Å²) in [5, 5.41) is 3.18. The monoisotopic (exact) mass is 245 g/mol.